The van der Waals surface area contributed by atoms with Gasteiger partial charge in [-0.15, -0.1) is 0 Å². The second-order valence-corrected chi connectivity index (χ2v) is 6.80. The molecule has 110 valence electrons. The van der Waals surface area contributed by atoms with Crippen molar-refractivity contribution in [1.29, 1.82) is 0 Å². The summed E-state index contributed by atoms with van der Waals surface area (Å²) in [5, 5.41) is 5.40. The summed E-state index contributed by atoms with van der Waals surface area (Å²) >= 11 is 8.03. The summed E-state index contributed by atoms with van der Waals surface area (Å²) in [6.07, 6.45) is 7.59. The van der Waals surface area contributed by atoms with Crippen molar-refractivity contribution in [3.05, 3.63) is 41.2 Å². The molecule has 1 amide bonds. The zero-order valence-corrected chi connectivity index (χ0v) is 13.4. The summed E-state index contributed by atoms with van der Waals surface area (Å²) in [7, 11) is 0. The SMILES string of the molecule is CSCC1CC(NC(=O)c2cncc3c(Cl)cccc23)C1. The summed E-state index contributed by atoms with van der Waals surface area (Å²) in [5.74, 6) is 1.87. The van der Waals surface area contributed by atoms with Crippen LogP contribution in [-0.4, -0.2) is 28.9 Å². The van der Waals surface area contributed by atoms with Crippen LogP contribution in [0.15, 0.2) is 30.6 Å². The van der Waals surface area contributed by atoms with Gasteiger partial charge in [-0.05, 0) is 42.2 Å². The van der Waals surface area contributed by atoms with E-state index in [9.17, 15) is 4.79 Å². The maximum atomic E-state index is 12.4. The zero-order chi connectivity index (χ0) is 14.8. The average Bonchev–Trinajstić information content (AvgIpc) is 2.45. The molecule has 0 unspecified atom stereocenters. The quantitative estimate of drug-likeness (QED) is 0.932. The number of hydrogen-bond acceptors (Lipinski definition) is 3. The highest BCUT2D eigenvalue weighted by Gasteiger charge is 2.30. The maximum Gasteiger partial charge on any atom is 0.253 e. The highest BCUT2D eigenvalue weighted by Crippen LogP contribution is 2.30. The Morgan fingerprint density at radius 2 is 2.19 bits per heavy atom. The van der Waals surface area contributed by atoms with Gasteiger partial charge in [0.15, 0.2) is 0 Å². The van der Waals surface area contributed by atoms with Crippen LogP contribution in [0.4, 0.5) is 0 Å². The number of hydrogen-bond donors (Lipinski definition) is 1. The molecule has 1 aliphatic rings. The number of amides is 1. The molecule has 3 nitrogen and oxygen atoms in total. The van der Waals surface area contributed by atoms with E-state index in [1.807, 2.05) is 30.0 Å². The van der Waals surface area contributed by atoms with Crippen LogP contribution in [0.1, 0.15) is 23.2 Å². The third-order valence-corrected chi connectivity index (χ3v) is 5.10. The van der Waals surface area contributed by atoms with Gasteiger partial charge in [0.05, 0.1) is 5.56 Å². The molecule has 2 aromatic rings. The van der Waals surface area contributed by atoms with Crippen molar-refractivity contribution in [2.45, 2.75) is 18.9 Å². The Kier molecular flexibility index (Phi) is 4.36. The second-order valence-electron chi connectivity index (χ2n) is 5.49. The van der Waals surface area contributed by atoms with Crippen LogP contribution in [0.2, 0.25) is 5.02 Å². The van der Waals surface area contributed by atoms with Gasteiger partial charge in [0, 0.05) is 28.8 Å². The summed E-state index contributed by atoms with van der Waals surface area (Å²) in [4.78, 5) is 16.6. The fourth-order valence-corrected chi connectivity index (χ4v) is 3.80. The van der Waals surface area contributed by atoms with E-state index in [-0.39, 0.29) is 5.91 Å². The van der Waals surface area contributed by atoms with E-state index in [4.69, 9.17) is 11.6 Å². The van der Waals surface area contributed by atoms with E-state index in [1.165, 1.54) is 5.75 Å². The van der Waals surface area contributed by atoms with Gasteiger partial charge < -0.3 is 5.32 Å². The smallest absolute Gasteiger partial charge is 0.253 e. The van der Waals surface area contributed by atoms with Crippen LogP contribution < -0.4 is 5.32 Å². The Hall–Kier alpha value is -1.26. The molecule has 1 saturated carbocycles. The summed E-state index contributed by atoms with van der Waals surface area (Å²) in [6.45, 7) is 0. The number of fused-ring (bicyclic) bond motifs is 1. The zero-order valence-electron chi connectivity index (χ0n) is 11.8. The van der Waals surface area contributed by atoms with Gasteiger partial charge in [0.1, 0.15) is 0 Å². The molecule has 1 aromatic heterocycles. The number of rotatable bonds is 4. The van der Waals surface area contributed by atoms with E-state index in [2.05, 4.69) is 16.6 Å². The van der Waals surface area contributed by atoms with E-state index < -0.39 is 0 Å². The predicted octanol–water partition coefficient (Wildman–Crippen LogP) is 3.76. The Bertz CT molecular complexity index is 670. The predicted molar refractivity (Wildman–Crippen MR) is 89.1 cm³/mol. The molecule has 1 N–H and O–H groups in total. The maximum absolute atomic E-state index is 12.4. The lowest BCUT2D eigenvalue weighted by atomic mass is 9.81. The number of thioether (sulfide) groups is 1. The number of benzene rings is 1. The molecule has 0 spiro atoms. The monoisotopic (exact) mass is 320 g/mol. The lowest BCUT2D eigenvalue weighted by molar-refractivity contribution is 0.0899. The van der Waals surface area contributed by atoms with Crippen molar-refractivity contribution in [2.24, 2.45) is 5.92 Å². The van der Waals surface area contributed by atoms with Crippen molar-refractivity contribution in [1.82, 2.24) is 10.3 Å². The molecule has 0 atom stereocenters. The molecular weight excluding hydrogens is 304 g/mol. The molecule has 5 heteroatoms. The first kappa shape index (κ1) is 14.7. The first-order chi connectivity index (χ1) is 10.2. The van der Waals surface area contributed by atoms with Gasteiger partial charge >= 0.3 is 0 Å². The van der Waals surface area contributed by atoms with Gasteiger partial charge in [-0.25, -0.2) is 0 Å². The van der Waals surface area contributed by atoms with Crippen molar-refractivity contribution in [3.8, 4) is 0 Å². The van der Waals surface area contributed by atoms with Gasteiger partial charge in [0.25, 0.3) is 5.91 Å². The number of nitrogens with one attached hydrogen (secondary N) is 1. The van der Waals surface area contributed by atoms with Crippen LogP contribution >= 0.6 is 23.4 Å². The Labute approximate surface area is 133 Å². The number of nitrogens with zero attached hydrogens (tertiary/aromatic N) is 1. The van der Waals surface area contributed by atoms with Crippen LogP contribution in [0.5, 0.6) is 0 Å². The van der Waals surface area contributed by atoms with Gasteiger partial charge in [-0.3, -0.25) is 9.78 Å². The molecule has 0 radical (unpaired) electrons. The summed E-state index contributed by atoms with van der Waals surface area (Å²) < 4.78 is 0. The molecule has 21 heavy (non-hydrogen) atoms. The molecule has 1 aromatic carbocycles. The van der Waals surface area contributed by atoms with Crippen molar-refractivity contribution < 1.29 is 4.79 Å². The molecule has 0 bridgehead atoms. The number of carbonyl (C=O) groups excluding carboxylic acids is 1. The highest BCUT2D eigenvalue weighted by molar-refractivity contribution is 7.98. The Balaban J connectivity index is 1.75. The van der Waals surface area contributed by atoms with E-state index in [1.54, 1.807) is 12.4 Å². The normalized spacial score (nSPS) is 21.0. The van der Waals surface area contributed by atoms with Crippen LogP contribution in [-0.2, 0) is 0 Å². The molecule has 3 rings (SSSR count). The fraction of sp³-hybridized carbons (Fsp3) is 0.375. The summed E-state index contributed by atoms with van der Waals surface area (Å²) in [6, 6.07) is 5.88. The van der Waals surface area contributed by atoms with Crippen LogP contribution in [0.25, 0.3) is 10.8 Å². The van der Waals surface area contributed by atoms with Crippen molar-refractivity contribution >= 4 is 40.0 Å². The lowest BCUT2D eigenvalue weighted by Crippen LogP contribution is -2.45. The van der Waals surface area contributed by atoms with Crippen molar-refractivity contribution in [2.75, 3.05) is 12.0 Å². The van der Waals surface area contributed by atoms with Crippen LogP contribution in [0.3, 0.4) is 0 Å². The standard InChI is InChI=1S/C16H17ClN2OS/c1-21-9-10-5-11(6-10)19-16(20)14-8-18-7-13-12(14)3-2-4-15(13)17/h2-4,7-8,10-11H,5-6,9H2,1H3,(H,19,20). The fourth-order valence-electron chi connectivity index (χ4n) is 2.83. The number of aromatic nitrogens is 1. The molecule has 0 aliphatic heterocycles. The third-order valence-electron chi connectivity index (χ3n) is 3.97. The Morgan fingerprint density at radius 3 is 2.95 bits per heavy atom. The van der Waals surface area contributed by atoms with Crippen LogP contribution in [0, 0.1) is 5.92 Å². The average molecular weight is 321 g/mol. The van der Waals surface area contributed by atoms with Gasteiger partial charge in [-0.1, -0.05) is 23.7 Å². The third kappa shape index (κ3) is 3.01. The molecule has 1 aliphatic carbocycles. The number of carbonyl (C=O) groups is 1. The lowest BCUT2D eigenvalue weighted by Gasteiger charge is -2.35. The Morgan fingerprint density at radius 1 is 1.38 bits per heavy atom. The topological polar surface area (TPSA) is 42.0 Å². The molecule has 1 fully saturated rings. The summed E-state index contributed by atoms with van der Waals surface area (Å²) in [5.41, 5.74) is 0.600. The minimum absolute atomic E-state index is 0.0528. The van der Waals surface area contributed by atoms with E-state index >= 15 is 0 Å². The van der Waals surface area contributed by atoms with E-state index in [0.29, 0.717) is 16.6 Å². The molecule has 0 saturated heterocycles. The number of pyridine rings is 1. The van der Waals surface area contributed by atoms with Crippen molar-refractivity contribution in [3.63, 3.8) is 0 Å². The second kappa shape index (κ2) is 6.24. The highest BCUT2D eigenvalue weighted by atomic mass is 35.5. The molecule has 1 heterocycles. The van der Waals surface area contributed by atoms with Gasteiger partial charge in [-0.2, -0.15) is 11.8 Å². The van der Waals surface area contributed by atoms with Gasteiger partial charge in [0.2, 0.25) is 0 Å². The number of halogens is 1. The molecular formula is C16H17ClN2OS. The largest absolute Gasteiger partial charge is 0.349 e. The minimum Gasteiger partial charge on any atom is -0.349 e. The van der Waals surface area contributed by atoms with E-state index in [0.717, 1.165) is 29.5 Å². The first-order valence-electron chi connectivity index (χ1n) is 7.01. The minimum atomic E-state index is -0.0528. The first-order valence-corrected chi connectivity index (χ1v) is 8.78.